The van der Waals surface area contributed by atoms with Gasteiger partial charge < -0.3 is 5.11 Å². The highest BCUT2D eigenvalue weighted by molar-refractivity contribution is 6.65. The van der Waals surface area contributed by atoms with Crippen molar-refractivity contribution in [2.75, 3.05) is 0 Å². The molecule has 0 saturated carbocycles. The summed E-state index contributed by atoms with van der Waals surface area (Å²) in [6.45, 7) is 6.90. The van der Waals surface area contributed by atoms with Gasteiger partial charge in [0.05, 0.1) is 10.8 Å². The lowest BCUT2D eigenvalue weighted by atomic mass is 9.85. The van der Waals surface area contributed by atoms with Crippen LogP contribution in [0.25, 0.3) is 0 Å². The van der Waals surface area contributed by atoms with E-state index in [9.17, 15) is 9.59 Å². The predicted molar refractivity (Wildman–Crippen MR) is 107 cm³/mol. The van der Waals surface area contributed by atoms with Gasteiger partial charge in [-0.2, -0.15) is 0 Å². The molecule has 2 rings (SSSR count). The lowest BCUT2D eigenvalue weighted by molar-refractivity contribution is -0.142. The molecular weight excluding hydrogens is 395 g/mol. The van der Waals surface area contributed by atoms with Crippen molar-refractivity contribution in [1.82, 2.24) is 0 Å². The maximum absolute atomic E-state index is 11.1. The van der Waals surface area contributed by atoms with Gasteiger partial charge in [0.1, 0.15) is 0 Å². The zero-order valence-electron chi connectivity index (χ0n) is 15.0. The van der Waals surface area contributed by atoms with E-state index in [1.165, 1.54) is 0 Å². The van der Waals surface area contributed by atoms with Gasteiger partial charge in [0, 0.05) is 10.0 Å². The molecule has 0 bridgehead atoms. The Morgan fingerprint density at radius 1 is 0.731 bits per heavy atom. The van der Waals surface area contributed by atoms with E-state index in [1.807, 2.05) is 12.1 Å². The summed E-state index contributed by atoms with van der Waals surface area (Å²) in [6.07, 6.45) is 0. The smallest absolute Gasteiger partial charge is 0.313 e. The largest absolute Gasteiger partial charge is 0.481 e. The van der Waals surface area contributed by atoms with E-state index in [4.69, 9.17) is 39.9 Å². The monoisotopic (exact) mass is 414 g/mol. The second-order valence-electron chi connectivity index (χ2n) is 6.84. The second kappa shape index (κ2) is 8.90. The fourth-order valence-electron chi connectivity index (χ4n) is 1.97. The number of carboxylic acid groups (broad SMARTS) is 1. The highest BCUT2D eigenvalue weighted by atomic mass is 35.5. The van der Waals surface area contributed by atoms with Crippen LogP contribution in [0.5, 0.6) is 0 Å². The number of carboxylic acids is 1. The summed E-state index contributed by atoms with van der Waals surface area (Å²) in [4.78, 5) is 22.0. The highest BCUT2D eigenvalue weighted by Gasteiger charge is 2.29. The van der Waals surface area contributed by atoms with Crippen molar-refractivity contribution in [3.63, 3.8) is 0 Å². The Bertz CT molecular complexity index is 696. The maximum Gasteiger partial charge on any atom is 0.313 e. The van der Waals surface area contributed by atoms with Crippen molar-refractivity contribution in [2.24, 2.45) is 0 Å². The van der Waals surface area contributed by atoms with Crippen LogP contribution >= 0.6 is 34.8 Å². The first kappa shape index (κ1) is 22.5. The van der Waals surface area contributed by atoms with Gasteiger partial charge in [0.15, 0.2) is 0 Å². The molecule has 0 radical (unpaired) electrons. The van der Waals surface area contributed by atoms with Crippen LogP contribution in [0.3, 0.4) is 0 Å². The SMILES string of the molecule is CC(C)(C(=O)Cl)c1ccc(Cl)cc1.CC(C)(C(=O)O)c1ccc(Cl)cc1. The van der Waals surface area contributed by atoms with E-state index in [0.717, 1.165) is 11.1 Å². The van der Waals surface area contributed by atoms with E-state index in [0.29, 0.717) is 10.0 Å². The Morgan fingerprint density at radius 3 is 1.31 bits per heavy atom. The van der Waals surface area contributed by atoms with Gasteiger partial charge in [0.2, 0.25) is 5.24 Å². The Balaban J connectivity index is 0.000000260. The van der Waals surface area contributed by atoms with Crippen molar-refractivity contribution in [2.45, 2.75) is 38.5 Å². The van der Waals surface area contributed by atoms with Crippen LogP contribution in [-0.2, 0) is 20.4 Å². The number of aliphatic carboxylic acids is 1. The van der Waals surface area contributed by atoms with Crippen LogP contribution in [0.1, 0.15) is 38.8 Å². The van der Waals surface area contributed by atoms with Gasteiger partial charge in [0.25, 0.3) is 0 Å². The predicted octanol–water partition coefficient (Wildman–Crippen LogP) is 6.09. The second-order valence-corrected chi connectivity index (χ2v) is 8.06. The van der Waals surface area contributed by atoms with Gasteiger partial charge in [-0.25, -0.2) is 0 Å². The Morgan fingerprint density at radius 2 is 1.04 bits per heavy atom. The van der Waals surface area contributed by atoms with Gasteiger partial charge in [-0.15, -0.1) is 0 Å². The summed E-state index contributed by atoms with van der Waals surface area (Å²) in [7, 11) is 0. The average molecular weight is 416 g/mol. The number of rotatable bonds is 4. The lowest BCUT2D eigenvalue weighted by Crippen LogP contribution is -2.28. The van der Waals surface area contributed by atoms with Crippen LogP contribution in [-0.4, -0.2) is 16.3 Å². The molecular formula is C20H21Cl3O3. The van der Waals surface area contributed by atoms with Crippen molar-refractivity contribution < 1.29 is 14.7 Å². The van der Waals surface area contributed by atoms with Crippen LogP contribution in [0.4, 0.5) is 0 Å². The summed E-state index contributed by atoms with van der Waals surface area (Å²) < 4.78 is 0. The Kier molecular flexibility index (Phi) is 7.70. The van der Waals surface area contributed by atoms with Crippen molar-refractivity contribution in [3.05, 3.63) is 69.7 Å². The van der Waals surface area contributed by atoms with E-state index >= 15 is 0 Å². The van der Waals surface area contributed by atoms with Gasteiger partial charge in [-0.05, 0) is 74.7 Å². The summed E-state index contributed by atoms with van der Waals surface area (Å²) in [5.41, 5.74) is 0.123. The molecule has 3 nitrogen and oxygen atoms in total. The first-order chi connectivity index (χ1) is 11.9. The lowest BCUT2D eigenvalue weighted by Gasteiger charge is -2.19. The topological polar surface area (TPSA) is 54.4 Å². The standard InChI is InChI=1S/C10H10Cl2O.C10H11ClO2/c2*1-10(2,9(12)13)7-3-5-8(11)6-4-7/h3-6H,1-2H3;3-6H,1-2H3,(H,12,13). The van der Waals surface area contributed by atoms with Crippen LogP contribution < -0.4 is 0 Å². The molecule has 0 spiro atoms. The molecule has 2 aromatic rings. The van der Waals surface area contributed by atoms with Crippen LogP contribution in [0.15, 0.2) is 48.5 Å². The molecule has 0 unspecified atom stereocenters. The molecule has 0 aliphatic heterocycles. The van der Waals surface area contributed by atoms with Crippen LogP contribution in [0, 0.1) is 0 Å². The molecule has 0 amide bonds. The molecule has 0 heterocycles. The van der Waals surface area contributed by atoms with Crippen molar-refractivity contribution >= 4 is 46.0 Å². The fourth-order valence-corrected chi connectivity index (χ4v) is 2.33. The molecule has 1 N–H and O–H groups in total. The van der Waals surface area contributed by atoms with Gasteiger partial charge in [-0.3, -0.25) is 9.59 Å². The highest BCUT2D eigenvalue weighted by Crippen LogP contribution is 2.27. The molecule has 0 saturated heterocycles. The van der Waals surface area contributed by atoms with Crippen LogP contribution in [0.2, 0.25) is 10.0 Å². The number of benzene rings is 2. The molecule has 0 fully saturated rings. The van der Waals surface area contributed by atoms with Crippen molar-refractivity contribution in [1.29, 1.82) is 0 Å². The first-order valence-electron chi connectivity index (χ1n) is 7.84. The summed E-state index contributed by atoms with van der Waals surface area (Å²) in [5, 5.41) is 9.84. The minimum absolute atomic E-state index is 0.366. The van der Waals surface area contributed by atoms with E-state index in [-0.39, 0.29) is 5.24 Å². The summed E-state index contributed by atoms with van der Waals surface area (Å²) in [6, 6.07) is 14.0. The number of carbonyl (C=O) groups is 2. The zero-order valence-corrected chi connectivity index (χ0v) is 17.3. The molecule has 0 aromatic heterocycles. The molecule has 6 heteroatoms. The number of hydrogen-bond donors (Lipinski definition) is 1. The molecule has 0 atom stereocenters. The summed E-state index contributed by atoms with van der Waals surface area (Å²) in [5.74, 6) is -0.838. The minimum Gasteiger partial charge on any atom is -0.481 e. The molecule has 0 aliphatic rings. The minimum atomic E-state index is -0.857. The molecule has 2 aromatic carbocycles. The fraction of sp³-hybridized carbons (Fsp3) is 0.300. The normalized spacial score (nSPS) is 11.3. The third kappa shape index (κ3) is 5.73. The first-order valence-corrected chi connectivity index (χ1v) is 8.98. The third-order valence-electron chi connectivity index (χ3n) is 4.16. The number of halogens is 3. The third-order valence-corrected chi connectivity index (χ3v) is 5.13. The van der Waals surface area contributed by atoms with E-state index in [1.54, 1.807) is 64.1 Å². The maximum atomic E-state index is 11.1. The quantitative estimate of drug-likeness (QED) is 0.615. The van der Waals surface area contributed by atoms with Crippen molar-refractivity contribution in [3.8, 4) is 0 Å². The molecule has 140 valence electrons. The van der Waals surface area contributed by atoms with Gasteiger partial charge >= 0.3 is 5.97 Å². The summed E-state index contributed by atoms with van der Waals surface area (Å²) >= 11 is 16.9. The van der Waals surface area contributed by atoms with Gasteiger partial charge in [-0.1, -0.05) is 47.5 Å². The molecule has 0 aliphatic carbocycles. The molecule has 26 heavy (non-hydrogen) atoms. The van der Waals surface area contributed by atoms with E-state index < -0.39 is 16.8 Å². The Hall–Kier alpha value is -1.55. The average Bonchev–Trinajstić information content (AvgIpc) is 2.56. The Labute approximate surface area is 168 Å². The van der Waals surface area contributed by atoms with E-state index in [2.05, 4.69) is 0 Å². The zero-order chi connectivity index (χ0) is 20.1. The number of hydrogen-bond acceptors (Lipinski definition) is 2. The number of carbonyl (C=O) groups excluding carboxylic acids is 1.